The van der Waals surface area contributed by atoms with E-state index in [2.05, 4.69) is 11.8 Å². The number of nitrogens with two attached hydrogens (primary N) is 1. The van der Waals surface area contributed by atoms with E-state index in [4.69, 9.17) is 10.5 Å². The van der Waals surface area contributed by atoms with Gasteiger partial charge in [0.05, 0.1) is 11.7 Å². The summed E-state index contributed by atoms with van der Waals surface area (Å²) in [4.78, 5) is 2.63. The molecule has 0 bridgehead atoms. The summed E-state index contributed by atoms with van der Waals surface area (Å²) >= 11 is 0. The molecule has 2 saturated heterocycles. The maximum absolute atomic E-state index is 6.54. The van der Waals surface area contributed by atoms with Crippen molar-refractivity contribution in [3.05, 3.63) is 0 Å². The third-order valence-corrected chi connectivity index (χ3v) is 6.01. The molecule has 0 aromatic carbocycles. The number of hydrogen-bond acceptors (Lipinski definition) is 3. The van der Waals surface area contributed by atoms with Crippen molar-refractivity contribution in [3.8, 4) is 0 Å². The summed E-state index contributed by atoms with van der Waals surface area (Å²) in [5, 5.41) is 0. The highest BCUT2D eigenvalue weighted by atomic mass is 16.5. The van der Waals surface area contributed by atoms with Crippen LogP contribution in [-0.4, -0.2) is 42.3 Å². The fourth-order valence-electron chi connectivity index (χ4n) is 4.79. The number of likely N-dealkylation sites (tertiary alicyclic amines) is 1. The monoisotopic (exact) mass is 280 g/mol. The fourth-order valence-corrected chi connectivity index (χ4v) is 4.79. The largest absolute Gasteiger partial charge is 0.370 e. The van der Waals surface area contributed by atoms with Crippen molar-refractivity contribution < 1.29 is 4.74 Å². The molecule has 20 heavy (non-hydrogen) atoms. The van der Waals surface area contributed by atoms with E-state index in [9.17, 15) is 0 Å². The van der Waals surface area contributed by atoms with Gasteiger partial charge in [0.2, 0.25) is 0 Å². The van der Waals surface area contributed by atoms with Crippen LogP contribution in [0.2, 0.25) is 0 Å². The van der Waals surface area contributed by atoms with Crippen molar-refractivity contribution in [2.75, 3.05) is 19.6 Å². The van der Waals surface area contributed by atoms with Crippen molar-refractivity contribution in [2.24, 2.45) is 11.7 Å². The Labute approximate surface area is 124 Å². The zero-order valence-corrected chi connectivity index (χ0v) is 13.2. The van der Waals surface area contributed by atoms with Gasteiger partial charge in [-0.15, -0.1) is 0 Å². The van der Waals surface area contributed by atoms with Crippen LogP contribution in [-0.2, 0) is 4.74 Å². The molecule has 3 unspecified atom stereocenters. The average molecular weight is 280 g/mol. The minimum atomic E-state index is 0.266. The molecule has 2 N–H and O–H groups in total. The van der Waals surface area contributed by atoms with E-state index in [1.54, 1.807) is 0 Å². The van der Waals surface area contributed by atoms with Crippen LogP contribution in [0.1, 0.15) is 64.7 Å². The van der Waals surface area contributed by atoms with Crippen LogP contribution in [0.15, 0.2) is 0 Å². The van der Waals surface area contributed by atoms with Crippen molar-refractivity contribution in [3.63, 3.8) is 0 Å². The van der Waals surface area contributed by atoms with E-state index in [1.807, 2.05) is 0 Å². The predicted molar refractivity (Wildman–Crippen MR) is 82.7 cm³/mol. The molecule has 3 atom stereocenters. The Hall–Kier alpha value is -0.120. The summed E-state index contributed by atoms with van der Waals surface area (Å²) in [6, 6.07) is 0.579. The SMILES string of the molecule is CC1CCCN(CC2CCC3(CCCCC3)O2)C1CN. The van der Waals surface area contributed by atoms with Crippen LogP contribution in [0.3, 0.4) is 0 Å². The molecule has 3 nitrogen and oxygen atoms in total. The van der Waals surface area contributed by atoms with E-state index in [0.717, 1.165) is 19.0 Å². The molecule has 2 heterocycles. The van der Waals surface area contributed by atoms with Crippen LogP contribution in [0.5, 0.6) is 0 Å². The molecule has 2 aliphatic heterocycles. The maximum atomic E-state index is 6.54. The Morgan fingerprint density at radius 2 is 1.90 bits per heavy atom. The molecular weight excluding hydrogens is 248 g/mol. The number of ether oxygens (including phenoxy) is 1. The summed E-state index contributed by atoms with van der Waals surface area (Å²) in [5.41, 5.74) is 6.28. The van der Waals surface area contributed by atoms with Crippen molar-refractivity contribution in [1.29, 1.82) is 0 Å². The van der Waals surface area contributed by atoms with E-state index in [0.29, 0.717) is 12.1 Å². The van der Waals surface area contributed by atoms with Crippen LogP contribution < -0.4 is 5.73 Å². The Kier molecular flexibility index (Phi) is 4.68. The molecule has 1 spiro atoms. The van der Waals surface area contributed by atoms with Gasteiger partial charge in [0.25, 0.3) is 0 Å². The lowest BCUT2D eigenvalue weighted by molar-refractivity contribution is -0.0785. The lowest BCUT2D eigenvalue weighted by atomic mass is 9.83. The molecule has 1 aliphatic carbocycles. The van der Waals surface area contributed by atoms with Crippen molar-refractivity contribution in [1.82, 2.24) is 4.90 Å². The molecule has 0 aromatic rings. The van der Waals surface area contributed by atoms with E-state index in [-0.39, 0.29) is 5.60 Å². The predicted octanol–water partition coefficient (Wildman–Crippen LogP) is 2.93. The standard InChI is InChI=1S/C17H32N2O/c1-14-6-5-11-19(16(14)12-18)13-15-7-10-17(20-15)8-3-2-4-9-17/h14-16H,2-13,18H2,1H3. The number of hydrogen-bond donors (Lipinski definition) is 1. The second-order valence-corrected chi connectivity index (χ2v) is 7.44. The van der Waals surface area contributed by atoms with E-state index >= 15 is 0 Å². The molecular formula is C17H32N2O. The van der Waals surface area contributed by atoms with Crippen LogP contribution >= 0.6 is 0 Å². The zero-order valence-electron chi connectivity index (χ0n) is 13.2. The van der Waals surface area contributed by atoms with Gasteiger partial charge in [0.1, 0.15) is 0 Å². The van der Waals surface area contributed by atoms with E-state index < -0.39 is 0 Å². The lowest BCUT2D eigenvalue weighted by Crippen LogP contribution is -2.51. The van der Waals surface area contributed by atoms with Gasteiger partial charge in [-0.1, -0.05) is 26.2 Å². The van der Waals surface area contributed by atoms with E-state index in [1.165, 1.54) is 64.3 Å². The highest BCUT2D eigenvalue weighted by Gasteiger charge is 2.42. The van der Waals surface area contributed by atoms with Gasteiger partial charge < -0.3 is 10.5 Å². The first-order chi connectivity index (χ1) is 9.72. The van der Waals surface area contributed by atoms with Gasteiger partial charge in [-0.2, -0.15) is 0 Å². The summed E-state index contributed by atoms with van der Waals surface area (Å²) in [6.07, 6.45) is 12.5. The average Bonchev–Trinajstić information content (AvgIpc) is 2.82. The van der Waals surface area contributed by atoms with Gasteiger partial charge in [-0.25, -0.2) is 0 Å². The van der Waals surface area contributed by atoms with Crippen LogP contribution in [0.4, 0.5) is 0 Å². The molecule has 3 heteroatoms. The van der Waals surface area contributed by atoms with Crippen molar-refractivity contribution >= 4 is 0 Å². The first-order valence-corrected chi connectivity index (χ1v) is 8.84. The summed E-state index contributed by atoms with van der Waals surface area (Å²) < 4.78 is 6.54. The highest BCUT2D eigenvalue weighted by Crippen LogP contribution is 2.42. The molecule has 1 saturated carbocycles. The Bertz CT molecular complexity index is 314. The zero-order chi connectivity index (χ0) is 14.0. The smallest absolute Gasteiger partial charge is 0.0710 e. The van der Waals surface area contributed by atoms with Crippen molar-refractivity contribution in [2.45, 2.75) is 82.5 Å². The minimum Gasteiger partial charge on any atom is -0.370 e. The number of rotatable bonds is 3. The van der Waals surface area contributed by atoms with Crippen LogP contribution in [0.25, 0.3) is 0 Å². The lowest BCUT2D eigenvalue weighted by Gasteiger charge is -2.41. The fraction of sp³-hybridized carbons (Fsp3) is 1.00. The minimum absolute atomic E-state index is 0.266. The van der Waals surface area contributed by atoms with Gasteiger partial charge in [-0.3, -0.25) is 4.90 Å². The molecule has 116 valence electrons. The summed E-state index contributed by atoms with van der Waals surface area (Å²) in [6.45, 7) is 5.51. The molecule has 0 amide bonds. The van der Waals surface area contributed by atoms with Gasteiger partial charge in [-0.05, 0) is 51.0 Å². The summed E-state index contributed by atoms with van der Waals surface area (Å²) in [7, 11) is 0. The first-order valence-electron chi connectivity index (χ1n) is 8.84. The molecule has 0 aromatic heterocycles. The quantitative estimate of drug-likeness (QED) is 0.864. The Morgan fingerprint density at radius 3 is 2.65 bits per heavy atom. The number of piperidine rings is 1. The third-order valence-electron chi connectivity index (χ3n) is 6.01. The molecule has 0 radical (unpaired) electrons. The van der Waals surface area contributed by atoms with Gasteiger partial charge in [0.15, 0.2) is 0 Å². The topological polar surface area (TPSA) is 38.5 Å². The highest BCUT2D eigenvalue weighted by molar-refractivity contribution is 4.93. The number of nitrogens with zero attached hydrogens (tertiary/aromatic N) is 1. The molecule has 3 fully saturated rings. The second-order valence-electron chi connectivity index (χ2n) is 7.44. The maximum Gasteiger partial charge on any atom is 0.0710 e. The second kappa shape index (κ2) is 6.33. The van der Waals surface area contributed by atoms with Gasteiger partial charge >= 0.3 is 0 Å². The van der Waals surface area contributed by atoms with Crippen LogP contribution in [0, 0.1) is 5.92 Å². The molecule has 3 aliphatic rings. The Morgan fingerprint density at radius 1 is 1.10 bits per heavy atom. The first kappa shape index (κ1) is 14.8. The molecule has 3 rings (SSSR count). The van der Waals surface area contributed by atoms with Gasteiger partial charge in [0, 0.05) is 19.1 Å². The third kappa shape index (κ3) is 3.05. The normalized spacial score (nSPS) is 38.4. The Balaban J connectivity index is 1.55. The summed E-state index contributed by atoms with van der Waals surface area (Å²) in [5.74, 6) is 0.749.